The number of nitrogens with one attached hydrogen (secondary N) is 1. The second-order valence-corrected chi connectivity index (χ2v) is 12.9. The van der Waals surface area contributed by atoms with Gasteiger partial charge in [0.05, 0.1) is 21.4 Å². The van der Waals surface area contributed by atoms with Gasteiger partial charge in [0.15, 0.2) is 0 Å². The van der Waals surface area contributed by atoms with Gasteiger partial charge in [-0.25, -0.2) is 49.1 Å². The molecule has 0 spiro atoms. The molecular weight excluding hydrogens is 541 g/mol. The molecule has 2 aromatic carbocycles. The number of sulfonamides is 4. The van der Waals surface area contributed by atoms with E-state index in [1.54, 1.807) is 4.72 Å². The van der Waals surface area contributed by atoms with E-state index in [0.29, 0.717) is 18.2 Å². The number of primary sulfonamides is 3. The predicted molar refractivity (Wildman–Crippen MR) is 112 cm³/mol. The van der Waals surface area contributed by atoms with E-state index in [2.05, 4.69) is 0 Å². The molecule has 0 aliphatic heterocycles. The maximum atomic E-state index is 12.8. The first-order valence-corrected chi connectivity index (χ1v) is 14.2. The molecule has 0 atom stereocenters. The highest BCUT2D eigenvalue weighted by atomic mass is 35.5. The van der Waals surface area contributed by atoms with Crippen LogP contribution >= 0.6 is 23.2 Å². The van der Waals surface area contributed by atoms with Gasteiger partial charge >= 0.3 is 0 Å². The largest absolute Gasteiger partial charge is 0.398 e. The molecule has 31 heavy (non-hydrogen) atoms. The molecule has 2 aromatic rings. The average molecular weight is 554 g/mol. The summed E-state index contributed by atoms with van der Waals surface area (Å²) in [6.45, 7) is 0. The normalized spacial score (nSPS) is 13.2. The van der Waals surface area contributed by atoms with E-state index in [1.807, 2.05) is 0 Å². The van der Waals surface area contributed by atoms with Gasteiger partial charge in [-0.15, -0.1) is 0 Å². The molecule has 2 rings (SSSR count). The molecule has 0 fully saturated rings. The summed E-state index contributed by atoms with van der Waals surface area (Å²) in [5.41, 5.74) is 4.27. The number of nitrogens with two attached hydrogens (primary N) is 4. The summed E-state index contributed by atoms with van der Waals surface area (Å²) in [6, 6.07) is 2.43. The smallest absolute Gasteiger partial charge is 0.263 e. The maximum absolute atomic E-state index is 12.8. The summed E-state index contributed by atoms with van der Waals surface area (Å²) in [7, 11) is -18.5. The van der Waals surface area contributed by atoms with Crippen LogP contribution in [-0.4, -0.2) is 33.7 Å². The molecule has 0 aliphatic rings. The number of benzene rings is 2. The lowest BCUT2D eigenvalue weighted by molar-refractivity contribution is 0.594. The first kappa shape index (κ1) is 25.6. The van der Waals surface area contributed by atoms with Crippen LogP contribution in [-0.2, 0) is 40.1 Å². The third-order valence-electron chi connectivity index (χ3n) is 3.55. The van der Waals surface area contributed by atoms with E-state index in [0.717, 1.165) is 6.07 Å². The lowest BCUT2D eigenvalue weighted by atomic mass is 10.3. The maximum Gasteiger partial charge on any atom is 0.263 e. The molecule has 0 heterocycles. The molecule has 0 saturated carbocycles. The Bertz CT molecular complexity index is 1520. The van der Waals surface area contributed by atoms with Crippen molar-refractivity contribution >= 4 is 74.7 Å². The minimum atomic E-state index is -4.81. The number of halogens is 2. The highest BCUT2D eigenvalue weighted by Gasteiger charge is 2.28. The van der Waals surface area contributed by atoms with Crippen LogP contribution < -0.4 is 25.9 Å². The Morgan fingerprint density at radius 2 is 1.03 bits per heavy atom. The molecule has 0 aliphatic carbocycles. The van der Waals surface area contributed by atoms with E-state index >= 15 is 0 Å². The number of anilines is 2. The summed E-state index contributed by atoms with van der Waals surface area (Å²) < 4.78 is 97.6. The zero-order chi connectivity index (χ0) is 24.2. The van der Waals surface area contributed by atoms with E-state index in [4.69, 9.17) is 44.4 Å². The van der Waals surface area contributed by atoms with Crippen molar-refractivity contribution in [1.29, 1.82) is 0 Å². The Hall–Kier alpha value is -1.70. The van der Waals surface area contributed by atoms with Gasteiger partial charge < -0.3 is 5.73 Å². The SMILES string of the molecule is Nc1cc(Cl)c(S(=O)(=O)Nc2cc(Cl)c(S(N)(=O)=O)cc2S(N)(=O)=O)cc1S(N)(=O)=O. The Labute approximate surface area is 187 Å². The molecule has 0 saturated heterocycles. The standard InChI is InChI=1S/C12H13Cl2N5O8S4/c13-5-1-7(15)11(29(17,22)23)4-10(5)31(26,27)19-8-2-6(14)9(28(16,20)21)3-12(8)30(18,24)25/h1-4,19H,15H2,(H2,16,20,21)(H2,17,22,23)(H2,18,24,25). The molecule has 19 heteroatoms. The van der Waals surface area contributed by atoms with Crippen LogP contribution in [0.2, 0.25) is 10.0 Å². The van der Waals surface area contributed by atoms with Crippen LogP contribution in [0.5, 0.6) is 0 Å². The van der Waals surface area contributed by atoms with Crippen molar-refractivity contribution in [2.45, 2.75) is 19.6 Å². The summed E-state index contributed by atoms with van der Waals surface area (Å²) in [4.78, 5) is -3.46. The highest BCUT2D eigenvalue weighted by Crippen LogP contribution is 2.34. The topological polar surface area (TPSA) is 253 Å². The Balaban J connectivity index is 2.78. The molecule has 0 radical (unpaired) electrons. The average Bonchev–Trinajstić information content (AvgIpc) is 2.50. The predicted octanol–water partition coefficient (Wildman–Crippen LogP) is -0.681. The van der Waals surface area contributed by atoms with Crippen LogP contribution in [0, 0.1) is 0 Å². The van der Waals surface area contributed by atoms with Crippen molar-refractivity contribution < 1.29 is 33.7 Å². The number of rotatable bonds is 6. The Morgan fingerprint density at radius 3 is 1.48 bits per heavy atom. The van der Waals surface area contributed by atoms with Crippen molar-refractivity contribution in [1.82, 2.24) is 0 Å². The van der Waals surface area contributed by atoms with Crippen molar-refractivity contribution in [2.24, 2.45) is 15.4 Å². The molecule has 13 nitrogen and oxygen atoms in total. The fourth-order valence-electron chi connectivity index (χ4n) is 2.27. The van der Waals surface area contributed by atoms with Gasteiger partial charge in [0.25, 0.3) is 10.0 Å². The second kappa shape index (κ2) is 8.01. The highest BCUT2D eigenvalue weighted by molar-refractivity contribution is 7.93. The molecule has 0 bridgehead atoms. The lowest BCUT2D eigenvalue weighted by Gasteiger charge is -2.15. The summed E-state index contributed by atoms with van der Waals surface area (Å²) in [6.07, 6.45) is 0. The van der Waals surface area contributed by atoms with Gasteiger partial charge in [-0.1, -0.05) is 23.2 Å². The lowest BCUT2D eigenvalue weighted by Crippen LogP contribution is -2.21. The van der Waals surface area contributed by atoms with Crippen LogP contribution in [0.4, 0.5) is 11.4 Å². The first-order valence-electron chi connectivity index (χ1n) is 7.29. The van der Waals surface area contributed by atoms with Gasteiger partial charge in [0.1, 0.15) is 19.6 Å². The quantitative estimate of drug-likeness (QED) is 0.283. The number of nitrogen functional groups attached to an aromatic ring is 1. The Morgan fingerprint density at radius 1 is 0.613 bits per heavy atom. The third-order valence-corrected chi connectivity index (χ3v) is 8.68. The van der Waals surface area contributed by atoms with Gasteiger partial charge in [0, 0.05) is 0 Å². The molecule has 9 N–H and O–H groups in total. The van der Waals surface area contributed by atoms with Crippen LogP contribution in [0.3, 0.4) is 0 Å². The zero-order valence-electron chi connectivity index (χ0n) is 14.8. The van der Waals surface area contributed by atoms with Crippen molar-refractivity contribution in [3.8, 4) is 0 Å². The third kappa shape index (κ3) is 5.57. The first-order chi connectivity index (χ1) is 13.7. The minimum Gasteiger partial charge on any atom is -0.398 e. The fraction of sp³-hybridized carbons (Fsp3) is 0. The fourth-order valence-corrected chi connectivity index (χ4v) is 6.59. The summed E-state index contributed by atoms with van der Waals surface area (Å²) in [5, 5.41) is 13.8. The minimum absolute atomic E-state index is 0.447. The van der Waals surface area contributed by atoms with E-state index < -0.39 is 81.1 Å². The van der Waals surface area contributed by atoms with Crippen molar-refractivity contribution in [3.63, 3.8) is 0 Å². The van der Waals surface area contributed by atoms with Crippen LogP contribution in [0.1, 0.15) is 0 Å². The van der Waals surface area contributed by atoms with Gasteiger partial charge in [-0.2, -0.15) is 0 Å². The number of hydrogen-bond acceptors (Lipinski definition) is 9. The second-order valence-electron chi connectivity index (χ2n) is 5.84. The van der Waals surface area contributed by atoms with Crippen LogP contribution in [0.25, 0.3) is 0 Å². The molecule has 0 aromatic heterocycles. The molecule has 172 valence electrons. The molecular formula is C12H13Cl2N5O8S4. The van der Waals surface area contributed by atoms with Gasteiger partial charge in [-0.05, 0) is 24.3 Å². The van der Waals surface area contributed by atoms with Crippen molar-refractivity contribution in [2.75, 3.05) is 10.5 Å². The summed E-state index contributed by atoms with van der Waals surface area (Å²) in [5.74, 6) is 0. The van der Waals surface area contributed by atoms with Crippen LogP contribution in [0.15, 0.2) is 43.8 Å². The molecule has 0 amide bonds. The van der Waals surface area contributed by atoms with Crippen molar-refractivity contribution in [3.05, 3.63) is 34.3 Å². The number of hydrogen-bond donors (Lipinski definition) is 5. The molecule has 0 unspecified atom stereocenters. The van der Waals surface area contributed by atoms with E-state index in [9.17, 15) is 33.7 Å². The van der Waals surface area contributed by atoms with E-state index in [1.165, 1.54) is 0 Å². The Kier molecular flexibility index (Phi) is 6.61. The summed E-state index contributed by atoms with van der Waals surface area (Å²) >= 11 is 11.6. The van der Waals surface area contributed by atoms with Gasteiger partial charge in [0.2, 0.25) is 30.1 Å². The van der Waals surface area contributed by atoms with Gasteiger partial charge in [-0.3, -0.25) is 4.72 Å². The monoisotopic (exact) mass is 553 g/mol. The zero-order valence-corrected chi connectivity index (χ0v) is 19.6. The van der Waals surface area contributed by atoms with E-state index in [-0.39, 0.29) is 0 Å².